The Kier molecular flexibility index (Phi) is 5.94. The number of nitrogens with zero attached hydrogens (tertiary/aromatic N) is 1. The van der Waals surface area contributed by atoms with E-state index < -0.39 is 0 Å². The normalized spacial score (nSPS) is 15.5. The van der Waals surface area contributed by atoms with E-state index in [0.717, 1.165) is 5.56 Å². The lowest BCUT2D eigenvalue weighted by Gasteiger charge is -2.30. The van der Waals surface area contributed by atoms with Crippen molar-refractivity contribution in [2.24, 2.45) is 11.7 Å². The summed E-state index contributed by atoms with van der Waals surface area (Å²) in [7, 11) is 0. The minimum absolute atomic E-state index is 0.155. The number of primary amides is 1. The van der Waals surface area contributed by atoms with Gasteiger partial charge in [0.2, 0.25) is 5.91 Å². The zero-order chi connectivity index (χ0) is 15.9. The van der Waals surface area contributed by atoms with E-state index in [1.807, 2.05) is 16.8 Å². The molecule has 1 fully saturated rings. The van der Waals surface area contributed by atoms with Crippen LogP contribution in [0.3, 0.4) is 0 Å². The zero-order valence-corrected chi connectivity index (χ0v) is 13.1. The molecule has 0 bridgehead atoms. The number of ether oxygens (including phenoxy) is 1. The fourth-order valence-electron chi connectivity index (χ4n) is 2.40. The average molecular weight is 324 g/mol. The number of aryl methyl sites for hydroxylation is 1. The van der Waals surface area contributed by atoms with E-state index in [0.29, 0.717) is 32.4 Å². The summed E-state index contributed by atoms with van der Waals surface area (Å²) in [6.45, 7) is 0.738. The Bertz CT molecular complexity index is 522. The van der Waals surface area contributed by atoms with Gasteiger partial charge in [0.05, 0.1) is 0 Å². The molecule has 2 heterocycles. The number of likely N-dealkylation sites (tertiary alicyclic amines) is 1. The highest BCUT2D eigenvalue weighted by molar-refractivity contribution is 7.07. The third-order valence-corrected chi connectivity index (χ3v) is 4.54. The Morgan fingerprint density at radius 3 is 2.64 bits per heavy atom. The van der Waals surface area contributed by atoms with Gasteiger partial charge in [0, 0.05) is 25.4 Å². The number of carbonyl (C=O) groups excluding carboxylic acids is 3. The van der Waals surface area contributed by atoms with Crippen molar-refractivity contribution in [2.45, 2.75) is 25.7 Å². The number of amides is 2. The number of nitrogens with two attached hydrogens (primary N) is 1. The minimum Gasteiger partial charge on any atom is -0.456 e. The molecule has 1 aromatic heterocycles. The fourth-order valence-corrected chi connectivity index (χ4v) is 3.10. The largest absolute Gasteiger partial charge is 0.456 e. The van der Waals surface area contributed by atoms with Crippen molar-refractivity contribution in [2.75, 3.05) is 19.7 Å². The van der Waals surface area contributed by atoms with Crippen LogP contribution >= 0.6 is 11.3 Å². The molecule has 1 aliphatic heterocycles. The number of carbonyl (C=O) groups is 3. The van der Waals surface area contributed by atoms with Gasteiger partial charge in [0.1, 0.15) is 0 Å². The summed E-state index contributed by atoms with van der Waals surface area (Å²) in [5.74, 6) is -1.05. The van der Waals surface area contributed by atoms with Gasteiger partial charge in [0.25, 0.3) is 5.91 Å². The molecule has 0 aliphatic carbocycles. The summed E-state index contributed by atoms with van der Waals surface area (Å²) in [6, 6.07) is 1.96. The standard InChI is InChI=1S/C15H20N2O4S/c16-15(20)12-3-6-17(7-4-12)13(18)9-21-14(19)2-1-11-5-8-22-10-11/h5,8,10,12H,1-4,6-7,9H2,(H2,16,20). The van der Waals surface area contributed by atoms with Crippen molar-refractivity contribution in [3.8, 4) is 0 Å². The first kappa shape index (κ1) is 16.5. The van der Waals surface area contributed by atoms with Crippen molar-refractivity contribution in [3.05, 3.63) is 22.4 Å². The molecule has 1 aromatic rings. The van der Waals surface area contributed by atoms with Crippen LogP contribution in [0, 0.1) is 5.92 Å². The van der Waals surface area contributed by atoms with E-state index in [-0.39, 0.29) is 36.7 Å². The quantitative estimate of drug-likeness (QED) is 0.789. The van der Waals surface area contributed by atoms with Crippen LogP contribution in [-0.2, 0) is 25.5 Å². The number of rotatable bonds is 6. The Morgan fingerprint density at radius 2 is 2.05 bits per heavy atom. The summed E-state index contributed by atoms with van der Waals surface area (Å²) < 4.78 is 5.01. The molecule has 0 spiro atoms. The molecule has 2 rings (SSSR count). The van der Waals surface area contributed by atoms with Crippen LogP contribution < -0.4 is 5.73 Å². The highest BCUT2D eigenvalue weighted by Gasteiger charge is 2.26. The minimum atomic E-state index is -0.369. The van der Waals surface area contributed by atoms with Gasteiger partial charge in [-0.25, -0.2) is 0 Å². The van der Waals surface area contributed by atoms with Crippen LogP contribution in [0.4, 0.5) is 0 Å². The first-order chi connectivity index (χ1) is 10.6. The van der Waals surface area contributed by atoms with E-state index in [2.05, 4.69) is 0 Å². The zero-order valence-electron chi connectivity index (χ0n) is 12.3. The number of piperidine rings is 1. The Hall–Kier alpha value is -1.89. The summed E-state index contributed by atoms with van der Waals surface area (Å²) in [6.07, 6.45) is 2.05. The SMILES string of the molecule is NC(=O)C1CCN(C(=O)COC(=O)CCc2ccsc2)CC1. The monoisotopic (exact) mass is 324 g/mol. The van der Waals surface area contributed by atoms with Crippen LogP contribution in [0.5, 0.6) is 0 Å². The van der Waals surface area contributed by atoms with E-state index >= 15 is 0 Å². The maximum Gasteiger partial charge on any atom is 0.306 e. The Balaban J connectivity index is 1.65. The Labute approximate surface area is 133 Å². The molecule has 0 atom stereocenters. The molecule has 22 heavy (non-hydrogen) atoms. The van der Waals surface area contributed by atoms with Crippen molar-refractivity contribution in [1.82, 2.24) is 4.90 Å². The van der Waals surface area contributed by atoms with Crippen LogP contribution in [0.25, 0.3) is 0 Å². The molecular weight excluding hydrogens is 304 g/mol. The van der Waals surface area contributed by atoms with Crippen molar-refractivity contribution in [1.29, 1.82) is 0 Å². The summed E-state index contributed by atoms with van der Waals surface area (Å²) in [4.78, 5) is 36.2. The molecule has 6 nitrogen and oxygen atoms in total. The molecule has 0 saturated carbocycles. The molecule has 7 heteroatoms. The van der Waals surface area contributed by atoms with Crippen LogP contribution in [0.2, 0.25) is 0 Å². The third kappa shape index (κ3) is 4.84. The lowest BCUT2D eigenvalue weighted by Crippen LogP contribution is -2.43. The fraction of sp³-hybridized carbons (Fsp3) is 0.533. The average Bonchev–Trinajstić information content (AvgIpc) is 3.04. The second-order valence-corrected chi connectivity index (χ2v) is 6.13. The second-order valence-electron chi connectivity index (χ2n) is 5.35. The van der Waals surface area contributed by atoms with E-state index in [4.69, 9.17) is 10.5 Å². The molecule has 120 valence electrons. The van der Waals surface area contributed by atoms with Crippen molar-refractivity contribution < 1.29 is 19.1 Å². The number of esters is 1. The predicted octanol–water partition coefficient (Wildman–Crippen LogP) is 0.948. The number of hydrogen-bond acceptors (Lipinski definition) is 5. The van der Waals surface area contributed by atoms with Gasteiger partial charge in [-0.15, -0.1) is 0 Å². The van der Waals surface area contributed by atoms with Gasteiger partial charge in [-0.1, -0.05) is 0 Å². The molecule has 1 saturated heterocycles. The summed E-state index contributed by atoms with van der Waals surface area (Å²) >= 11 is 1.58. The molecule has 2 amide bonds. The molecule has 0 unspecified atom stereocenters. The van der Waals surface area contributed by atoms with E-state index in [1.54, 1.807) is 16.2 Å². The van der Waals surface area contributed by atoms with Gasteiger partial charge >= 0.3 is 5.97 Å². The Morgan fingerprint density at radius 1 is 1.32 bits per heavy atom. The van der Waals surface area contributed by atoms with E-state index in [9.17, 15) is 14.4 Å². The highest BCUT2D eigenvalue weighted by atomic mass is 32.1. The van der Waals surface area contributed by atoms with Crippen molar-refractivity contribution >= 4 is 29.1 Å². The second kappa shape index (κ2) is 7.93. The van der Waals surface area contributed by atoms with Gasteiger partial charge in [-0.2, -0.15) is 11.3 Å². The third-order valence-electron chi connectivity index (χ3n) is 3.80. The molecular formula is C15H20N2O4S. The lowest BCUT2D eigenvalue weighted by atomic mass is 9.96. The highest BCUT2D eigenvalue weighted by Crippen LogP contribution is 2.16. The first-order valence-corrected chi connectivity index (χ1v) is 8.24. The maximum atomic E-state index is 11.9. The molecule has 2 N–H and O–H groups in total. The summed E-state index contributed by atoms with van der Waals surface area (Å²) in [5, 5.41) is 3.95. The predicted molar refractivity (Wildman–Crippen MR) is 82.1 cm³/mol. The van der Waals surface area contributed by atoms with E-state index in [1.165, 1.54) is 0 Å². The van der Waals surface area contributed by atoms with Crippen molar-refractivity contribution in [3.63, 3.8) is 0 Å². The van der Waals surface area contributed by atoms with Gasteiger partial charge < -0.3 is 15.4 Å². The maximum absolute atomic E-state index is 11.9. The van der Waals surface area contributed by atoms with Gasteiger partial charge in [-0.3, -0.25) is 14.4 Å². The molecule has 0 aromatic carbocycles. The van der Waals surface area contributed by atoms with Gasteiger partial charge in [0.15, 0.2) is 6.61 Å². The summed E-state index contributed by atoms with van der Waals surface area (Å²) in [5.41, 5.74) is 6.35. The van der Waals surface area contributed by atoms with Gasteiger partial charge in [-0.05, 0) is 41.7 Å². The molecule has 0 radical (unpaired) electrons. The number of thiophene rings is 1. The molecule has 1 aliphatic rings. The first-order valence-electron chi connectivity index (χ1n) is 7.30. The van der Waals surface area contributed by atoms with Crippen LogP contribution in [0.1, 0.15) is 24.8 Å². The smallest absolute Gasteiger partial charge is 0.306 e. The lowest BCUT2D eigenvalue weighted by molar-refractivity contribution is -0.152. The number of hydrogen-bond donors (Lipinski definition) is 1. The topological polar surface area (TPSA) is 89.7 Å². The van der Waals surface area contributed by atoms with Crippen LogP contribution in [0.15, 0.2) is 16.8 Å². The van der Waals surface area contributed by atoms with Crippen LogP contribution in [-0.4, -0.2) is 42.4 Å².